The van der Waals surface area contributed by atoms with Crippen LogP contribution in [0.1, 0.15) is 35.1 Å². The zero-order valence-corrected chi connectivity index (χ0v) is 18.4. The van der Waals surface area contributed by atoms with Crippen LogP contribution in [0.4, 0.5) is 4.39 Å². The first-order valence-corrected chi connectivity index (χ1v) is 11.1. The van der Waals surface area contributed by atoms with E-state index in [0.29, 0.717) is 17.7 Å². The fraction of sp³-hybridized carbons (Fsp3) is 0.455. The van der Waals surface area contributed by atoms with E-state index >= 15 is 0 Å². The van der Waals surface area contributed by atoms with Gasteiger partial charge in [-0.3, -0.25) is 0 Å². The normalized spacial score (nSPS) is 16.0. The Bertz CT molecular complexity index is 882. The molecule has 1 aliphatic rings. The second-order valence-corrected chi connectivity index (χ2v) is 9.86. The van der Waals surface area contributed by atoms with Crippen LogP contribution in [0.3, 0.4) is 0 Å². The van der Waals surface area contributed by atoms with Crippen LogP contribution in [0.5, 0.6) is 0 Å². The van der Waals surface area contributed by atoms with Gasteiger partial charge in [0, 0.05) is 6.54 Å². The minimum absolute atomic E-state index is 0. The molecule has 154 valence electrons. The third-order valence-corrected chi connectivity index (χ3v) is 8.05. The Hall–Kier alpha value is -1.43. The van der Waals surface area contributed by atoms with Gasteiger partial charge >= 0.3 is 0 Å². The predicted molar refractivity (Wildman–Crippen MR) is 115 cm³/mol. The highest BCUT2D eigenvalue weighted by Gasteiger charge is 2.33. The Morgan fingerprint density at radius 2 is 1.54 bits per heavy atom. The number of hydrogen-bond acceptors (Lipinski definition) is 3. The molecule has 0 aliphatic carbocycles. The molecule has 28 heavy (non-hydrogen) atoms. The Labute approximate surface area is 174 Å². The van der Waals surface area contributed by atoms with E-state index in [-0.39, 0.29) is 23.5 Å². The van der Waals surface area contributed by atoms with Crippen LogP contribution < -0.4 is 0 Å². The molecule has 0 saturated carbocycles. The van der Waals surface area contributed by atoms with Gasteiger partial charge < -0.3 is 4.90 Å². The zero-order chi connectivity index (χ0) is 19.6. The Morgan fingerprint density at radius 3 is 2.07 bits per heavy atom. The van der Waals surface area contributed by atoms with Crippen LogP contribution in [0, 0.1) is 26.6 Å². The summed E-state index contributed by atoms with van der Waals surface area (Å²) in [5.74, 6) is -0.216. The van der Waals surface area contributed by atoms with Crippen molar-refractivity contribution in [1.29, 1.82) is 0 Å². The van der Waals surface area contributed by atoms with E-state index in [1.807, 2.05) is 45.0 Å². The molecular formula is C22H29ClFNO2S. The molecule has 3 rings (SSSR count). The molecule has 3 nitrogen and oxygen atoms in total. The highest BCUT2D eigenvalue weighted by molar-refractivity contribution is 7.92. The Balaban J connectivity index is 0.00000280. The average molecular weight is 426 g/mol. The Morgan fingerprint density at radius 1 is 1.00 bits per heavy atom. The van der Waals surface area contributed by atoms with Gasteiger partial charge in [0.2, 0.25) is 0 Å². The number of sulfone groups is 1. The predicted octanol–water partition coefficient (Wildman–Crippen LogP) is 4.65. The van der Waals surface area contributed by atoms with Crippen molar-refractivity contribution in [3.05, 3.63) is 64.5 Å². The molecule has 0 amide bonds. The summed E-state index contributed by atoms with van der Waals surface area (Å²) in [5.41, 5.74) is 3.91. The van der Waals surface area contributed by atoms with Gasteiger partial charge in [0.15, 0.2) is 9.84 Å². The average Bonchev–Trinajstić information content (AvgIpc) is 2.60. The van der Waals surface area contributed by atoms with Crippen molar-refractivity contribution in [2.75, 3.05) is 19.6 Å². The summed E-state index contributed by atoms with van der Waals surface area (Å²) in [6.07, 6.45) is 2.19. The van der Waals surface area contributed by atoms with Crippen molar-refractivity contribution in [2.24, 2.45) is 0 Å². The number of aryl methyl sites for hydroxylation is 3. The van der Waals surface area contributed by atoms with Gasteiger partial charge in [-0.1, -0.05) is 29.8 Å². The number of rotatable bonds is 5. The Kier molecular flexibility index (Phi) is 7.66. The van der Waals surface area contributed by atoms with Crippen molar-refractivity contribution in [2.45, 2.75) is 50.2 Å². The summed E-state index contributed by atoms with van der Waals surface area (Å²) >= 11 is 0. The molecule has 0 bridgehead atoms. The maximum absolute atomic E-state index is 13.2. The van der Waals surface area contributed by atoms with Crippen LogP contribution >= 0.6 is 12.4 Å². The van der Waals surface area contributed by atoms with Crippen LogP contribution in [0.2, 0.25) is 0 Å². The van der Waals surface area contributed by atoms with Gasteiger partial charge in [0.05, 0.1) is 10.1 Å². The molecule has 0 atom stereocenters. The molecule has 0 N–H and O–H groups in total. The van der Waals surface area contributed by atoms with E-state index < -0.39 is 9.84 Å². The van der Waals surface area contributed by atoms with Gasteiger partial charge in [-0.05, 0) is 81.9 Å². The van der Waals surface area contributed by atoms with Gasteiger partial charge in [-0.2, -0.15) is 0 Å². The van der Waals surface area contributed by atoms with Crippen molar-refractivity contribution in [3.63, 3.8) is 0 Å². The van der Waals surface area contributed by atoms with Gasteiger partial charge in [-0.15, -0.1) is 12.4 Å². The third kappa shape index (κ3) is 5.13. The van der Waals surface area contributed by atoms with Crippen molar-refractivity contribution in [3.8, 4) is 0 Å². The molecule has 2 aromatic rings. The smallest absolute Gasteiger partial charge is 0.181 e. The number of halogens is 2. The summed E-state index contributed by atoms with van der Waals surface area (Å²) in [6, 6.07) is 10.5. The lowest BCUT2D eigenvalue weighted by Crippen LogP contribution is -2.40. The zero-order valence-electron chi connectivity index (χ0n) is 16.7. The van der Waals surface area contributed by atoms with Crippen LogP contribution in [-0.4, -0.2) is 38.2 Å². The van der Waals surface area contributed by atoms with Crippen molar-refractivity contribution >= 4 is 22.2 Å². The van der Waals surface area contributed by atoms with E-state index in [1.165, 1.54) is 12.1 Å². The second kappa shape index (κ2) is 9.38. The van der Waals surface area contributed by atoms with Gasteiger partial charge in [-0.25, -0.2) is 12.8 Å². The highest BCUT2D eigenvalue weighted by Crippen LogP contribution is 2.30. The molecule has 1 heterocycles. The summed E-state index contributed by atoms with van der Waals surface area (Å²) < 4.78 is 39.4. The summed E-state index contributed by atoms with van der Waals surface area (Å²) in [5, 5.41) is -0.306. The van der Waals surface area contributed by atoms with E-state index in [4.69, 9.17) is 0 Å². The number of nitrogens with zero attached hydrogens (tertiary/aromatic N) is 1. The minimum atomic E-state index is -3.30. The first-order valence-electron chi connectivity index (χ1n) is 9.56. The van der Waals surface area contributed by atoms with E-state index in [2.05, 4.69) is 4.90 Å². The first kappa shape index (κ1) is 22.9. The first-order chi connectivity index (χ1) is 12.8. The fourth-order valence-corrected chi connectivity index (χ4v) is 6.34. The van der Waals surface area contributed by atoms with Crippen molar-refractivity contribution < 1.29 is 12.8 Å². The maximum Gasteiger partial charge on any atom is 0.181 e. The SMILES string of the molecule is Cc1cc(C)c(S(=O)(=O)C2CCN(CCc3ccc(F)cc3)CC2)c(C)c1.Cl. The maximum atomic E-state index is 13.2. The van der Waals surface area contributed by atoms with Crippen LogP contribution in [0.25, 0.3) is 0 Å². The topological polar surface area (TPSA) is 37.4 Å². The molecule has 0 radical (unpaired) electrons. The molecule has 0 aromatic heterocycles. The fourth-order valence-electron chi connectivity index (χ4n) is 4.16. The standard InChI is InChI=1S/C22H28FNO2S.ClH/c1-16-14-17(2)22(18(3)15-16)27(25,26)21-9-12-24(13-10-21)11-8-19-4-6-20(23)7-5-19;/h4-7,14-15,21H,8-13H2,1-3H3;1H. The summed E-state index contributed by atoms with van der Waals surface area (Å²) in [4.78, 5) is 2.84. The molecule has 0 spiro atoms. The lowest BCUT2D eigenvalue weighted by atomic mass is 10.1. The third-order valence-electron chi connectivity index (χ3n) is 5.49. The molecular weight excluding hydrogens is 397 g/mol. The number of likely N-dealkylation sites (tertiary alicyclic amines) is 1. The quantitative estimate of drug-likeness (QED) is 0.699. The summed E-state index contributed by atoms with van der Waals surface area (Å²) in [7, 11) is -3.30. The summed E-state index contributed by atoms with van der Waals surface area (Å²) in [6.45, 7) is 8.23. The lowest BCUT2D eigenvalue weighted by molar-refractivity contribution is 0.232. The number of benzene rings is 2. The van der Waals surface area contributed by atoms with Crippen LogP contribution in [0.15, 0.2) is 41.3 Å². The van der Waals surface area contributed by atoms with Crippen molar-refractivity contribution in [1.82, 2.24) is 4.90 Å². The largest absolute Gasteiger partial charge is 0.303 e. The second-order valence-electron chi connectivity index (χ2n) is 7.69. The molecule has 1 fully saturated rings. The minimum Gasteiger partial charge on any atom is -0.303 e. The molecule has 2 aromatic carbocycles. The van der Waals surface area contributed by atoms with Crippen LogP contribution in [-0.2, 0) is 16.3 Å². The highest BCUT2D eigenvalue weighted by atomic mass is 35.5. The van der Waals surface area contributed by atoms with Gasteiger partial charge in [0.25, 0.3) is 0 Å². The monoisotopic (exact) mass is 425 g/mol. The van der Waals surface area contributed by atoms with E-state index in [0.717, 1.165) is 48.3 Å². The lowest BCUT2D eigenvalue weighted by Gasteiger charge is -2.32. The molecule has 1 saturated heterocycles. The molecule has 1 aliphatic heterocycles. The van der Waals surface area contributed by atoms with E-state index in [1.54, 1.807) is 0 Å². The number of hydrogen-bond donors (Lipinski definition) is 0. The number of piperidine rings is 1. The van der Waals surface area contributed by atoms with Gasteiger partial charge in [0.1, 0.15) is 5.82 Å². The van der Waals surface area contributed by atoms with E-state index in [9.17, 15) is 12.8 Å². The molecule has 0 unspecified atom stereocenters. The molecule has 6 heteroatoms.